The topological polar surface area (TPSA) is 55.2 Å². The summed E-state index contributed by atoms with van der Waals surface area (Å²) in [5.74, 6) is -1.38. The quantitative estimate of drug-likeness (QED) is 0.430. The Kier molecular flexibility index (Phi) is 5.40. The molecule has 0 spiro atoms. The fourth-order valence-electron chi connectivity index (χ4n) is 4.38. The van der Waals surface area contributed by atoms with Crippen LogP contribution in [0.3, 0.4) is 0 Å². The van der Waals surface area contributed by atoms with Crippen molar-refractivity contribution in [1.29, 1.82) is 0 Å². The largest absolute Gasteiger partial charge is 0.416 e. The van der Waals surface area contributed by atoms with Crippen molar-refractivity contribution in [1.82, 2.24) is 14.7 Å². The van der Waals surface area contributed by atoms with Crippen molar-refractivity contribution < 1.29 is 22.8 Å². The van der Waals surface area contributed by atoms with E-state index in [0.29, 0.717) is 11.4 Å². The fraction of sp³-hybridized carbons (Fsp3) is 0.292. The Labute approximate surface area is 183 Å². The molecule has 1 amide bonds. The van der Waals surface area contributed by atoms with Gasteiger partial charge in [-0.1, -0.05) is 30.3 Å². The van der Waals surface area contributed by atoms with E-state index in [4.69, 9.17) is 0 Å². The average Bonchev–Trinajstić information content (AvgIpc) is 3.32. The second kappa shape index (κ2) is 7.93. The molecule has 0 N–H and O–H groups in total. The van der Waals surface area contributed by atoms with Crippen molar-refractivity contribution in [2.24, 2.45) is 0 Å². The van der Waals surface area contributed by atoms with Gasteiger partial charge in [0.25, 0.3) is 11.7 Å². The van der Waals surface area contributed by atoms with Crippen LogP contribution >= 0.6 is 0 Å². The first kappa shape index (κ1) is 21.8. The van der Waals surface area contributed by atoms with E-state index in [1.807, 2.05) is 24.3 Å². The molecule has 0 unspecified atom stereocenters. The Hall–Kier alpha value is -3.42. The molecule has 8 heteroatoms. The Morgan fingerprint density at radius 1 is 1.09 bits per heavy atom. The van der Waals surface area contributed by atoms with Gasteiger partial charge in [0.15, 0.2) is 0 Å². The summed E-state index contributed by atoms with van der Waals surface area (Å²) >= 11 is 0. The maximum absolute atomic E-state index is 13.1. The molecular formula is C24H22F3N3O2. The molecule has 1 aliphatic carbocycles. The summed E-state index contributed by atoms with van der Waals surface area (Å²) in [6.07, 6.45) is -2.93. The number of amides is 1. The predicted molar refractivity (Wildman–Crippen MR) is 113 cm³/mol. The van der Waals surface area contributed by atoms with Crippen LogP contribution in [0.5, 0.6) is 0 Å². The number of carbonyl (C=O) groups is 2. The number of aryl methyl sites for hydroxylation is 2. The molecule has 1 aliphatic rings. The number of fused-ring (bicyclic) bond motifs is 1. The van der Waals surface area contributed by atoms with Crippen molar-refractivity contribution in [3.63, 3.8) is 0 Å². The molecule has 0 radical (unpaired) electrons. The third-order valence-corrected chi connectivity index (χ3v) is 6.02. The number of benzene rings is 2. The normalized spacial score (nSPS) is 15.5. The van der Waals surface area contributed by atoms with Gasteiger partial charge in [-0.05, 0) is 56.0 Å². The monoisotopic (exact) mass is 441 g/mol. The summed E-state index contributed by atoms with van der Waals surface area (Å²) in [6.45, 7) is 3.15. The number of halogens is 3. The second-order valence-corrected chi connectivity index (χ2v) is 8.00. The van der Waals surface area contributed by atoms with Crippen LogP contribution < -0.4 is 0 Å². The lowest BCUT2D eigenvalue weighted by Crippen LogP contribution is -2.36. The van der Waals surface area contributed by atoms with Gasteiger partial charge in [-0.2, -0.15) is 18.3 Å². The smallest absolute Gasteiger partial charge is 0.332 e. The third-order valence-electron chi connectivity index (χ3n) is 6.02. The molecular weight excluding hydrogens is 419 g/mol. The van der Waals surface area contributed by atoms with Crippen LogP contribution in [0.15, 0.2) is 48.5 Å². The van der Waals surface area contributed by atoms with E-state index >= 15 is 0 Å². The number of nitrogens with zero attached hydrogens (tertiary/aromatic N) is 3. The molecule has 1 heterocycles. The van der Waals surface area contributed by atoms with Crippen molar-refractivity contribution in [3.8, 4) is 5.69 Å². The van der Waals surface area contributed by atoms with Crippen LogP contribution in [0.1, 0.15) is 50.9 Å². The Balaban J connectivity index is 1.64. The molecule has 32 heavy (non-hydrogen) atoms. The van der Waals surface area contributed by atoms with Crippen LogP contribution in [0, 0.1) is 13.8 Å². The lowest BCUT2D eigenvalue weighted by molar-refractivity contribution is -0.137. The SMILES string of the molecule is Cc1nn(-c2cccc(C(F)(F)F)c2)c(C)c1C(=O)C(=O)N(C)[C@H]1CCc2ccccc21. The van der Waals surface area contributed by atoms with Crippen LogP contribution in [-0.4, -0.2) is 33.4 Å². The number of likely N-dealkylation sites (N-methyl/N-ethyl adjacent to an activating group) is 1. The van der Waals surface area contributed by atoms with Crippen LogP contribution in [0.4, 0.5) is 13.2 Å². The van der Waals surface area contributed by atoms with E-state index in [2.05, 4.69) is 5.10 Å². The summed E-state index contributed by atoms with van der Waals surface area (Å²) < 4.78 is 40.6. The van der Waals surface area contributed by atoms with Gasteiger partial charge in [0.2, 0.25) is 0 Å². The number of hydrogen-bond acceptors (Lipinski definition) is 3. The minimum Gasteiger partial charge on any atom is -0.332 e. The molecule has 0 bridgehead atoms. The number of Topliss-reactive ketones (excluding diaryl/α,β-unsaturated/α-hetero) is 1. The molecule has 1 aromatic heterocycles. The van der Waals surface area contributed by atoms with Gasteiger partial charge in [-0.3, -0.25) is 9.59 Å². The summed E-state index contributed by atoms with van der Waals surface area (Å²) in [7, 11) is 1.61. The fourth-order valence-corrected chi connectivity index (χ4v) is 4.38. The number of alkyl halides is 3. The maximum atomic E-state index is 13.1. The average molecular weight is 441 g/mol. The van der Waals surface area contributed by atoms with Gasteiger partial charge >= 0.3 is 6.18 Å². The lowest BCUT2D eigenvalue weighted by Gasteiger charge is -2.24. The van der Waals surface area contributed by atoms with E-state index in [-0.39, 0.29) is 17.3 Å². The molecule has 0 aliphatic heterocycles. The molecule has 5 nitrogen and oxygen atoms in total. The van der Waals surface area contributed by atoms with Crippen molar-refractivity contribution in [2.75, 3.05) is 7.05 Å². The van der Waals surface area contributed by atoms with E-state index in [1.165, 1.54) is 21.7 Å². The third kappa shape index (κ3) is 3.70. The Bertz CT molecular complexity index is 1210. The van der Waals surface area contributed by atoms with E-state index in [9.17, 15) is 22.8 Å². The highest BCUT2D eigenvalue weighted by molar-refractivity contribution is 6.43. The number of carbonyl (C=O) groups excluding carboxylic acids is 2. The Morgan fingerprint density at radius 2 is 1.81 bits per heavy atom. The zero-order chi connectivity index (χ0) is 23.2. The van der Waals surface area contributed by atoms with E-state index in [0.717, 1.165) is 36.1 Å². The second-order valence-electron chi connectivity index (χ2n) is 8.00. The Morgan fingerprint density at radius 3 is 2.53 bits per heavy atom. The van der Waals surface area contributed by atoms with Crippen molar-refractivity contribution in [2.45, 2.75) is 38.9 Å². The van der Waals surface area contributed by atoms with Gasteiger partial charge in [-0.15, -0.1) is 0 Å². The lowest BCUT2D eigenvalue weighted by atomic mass is 10.0. The summed E-state index contributed by atoms with van der Waals surface area (Å²) in [5, 5.41) is 4.26. The molecule has 3 aromatic rings. The first-order chi connectivity index (χ1) is 15.1. The zero-order valence-electron chi connectivity index (χ0n) is 17.9. The molecule has 4 rings (SSSR count). The number of rotatable bonds is 4. The van der Waals surface area contributed by atoms with Crippen LogP contribution in [0.2, 0.25) is 0 Å². The van der Waals surface area contributed by atoms with Crippen molar-refractivity contribution in [3.05, 3.63) is 82.2 Å². The van der Waals surface area contributed by atoms with Crippen LogP contribution in [0.25, 0.3) is 5.69 Å². The van der Waals surface area contributed by atoms with Gasteiger partial charge in [-0.25, -0.2) is 4.68 Å². The molecule has 0 saturated heterocycles. The summed E-state index contributed by atoms with van der Waals surface area (Å²) in [6, 6.07) is 12.3. The van der Waals surface area contributed by atoms with E-state index in [1.54, 1.807) is 20.9 Å². The molecule has 1 atom stereocenters. The zero-order valence-corrected chi connectivity index (χ0v) is 17.9. The van der Waals surface area contributed by atoms with Gasteiger partial charge < -0.3 is 4.90 Å². The predicted octanol–water partition coefficient (Wildman–Crippen LogP) is 4.84. The minimum atomic E-state index is -4.50. The first-order valence-electron chi connectivity index (χ1n) is 10.2. The number of ketones is 1. The standard InChI is InChI=1S/C24H22F3N3O2/c1-14-21(15(2)30(28-14)18-9-6-8-17(13-18)24(25,26)27)22(31)23(32)29(3)20-12-11-16-7-4-5-10-19(16)20/h4-10,13,20H,11-12H2,1-3H3/t20-/m0/s1. The van der Waals surface area contributed by atoms with Gasteiger partial charge in [0.05, 0.1) is 34.2 Å². The molecule has 0 saturated carbocycles. The van der Waals surface area contributed by atoms with Gasteiger partial charge in [0, 0.05) is 7.05 Å². The number of aromatic nitrogens is 2. The highest BCUT2D eigenvalue weighted by Gasteiger charge is 2.34. The molecule has 166 valence electrons. The summed E-state index contributed by atoms with van der Waals surface area (Å²) in [4.78, 5) is 27.7. The van der Waals surface area contributed by atoms with E-state index < -0.39 is 23.4 Å². The minimum absolute atomic E-state index is 0.116. The molecule has 0 fully saturated rings. The summed E-state index contributed by atoms with van der Waals surface area (Å²) in [5.41, 5.74) is 2.28. The number of hydrogen-bond donors (Lipinski definition) is 0. The van der Waals surface area contributed by atoms with Crippen LogP contribution in [-0.2, 0) is 17.4 Å². The van der Waals surface area contributed by atoms with Crippen molar-refractivity contribution >= 4 is 11.7 Å². The maximum Gasteiger partial charge on any atom is 0.416 e. The highest BCUT2D eigenvalue weighted by Crippen LogP contribution is 2.35. The first-order valence-corrected chi connectivity index (χ1v) is 10.2. The van der Waals surface area contributed by atoms with Gasteiger partial charge in [0.1, 0.15) is 0 Å². The highest BCUT2D eigenvalue weighted by atomic mass is 19.4. The molecule has 2 aromatic carbocycles.